The summed E-state index contributed by atoms with van der Waals surface area (Å²) in [7, 11) is 2.32. The third-order valence-electron chi connectivity index (χ3n) is 3.14. The van der Waals surface area contributed by atoms with E-state index < -0.39 is 12.6 Å². The van der Waals surface area contributed by atoms with Gasteiger partial charge in [0.2, 0.25) is 5.88 Å². The molecule has 1 aromatic heterocycles. The fraction of sp³-hybridized carbons (Fsp3) is 0.200. The van der Waals surface area contributed by atoms with Crippen LogP contribution in [0.3, 0.4) is 0 Å². The van der Waals surface area contributed by atoms with Crippen molar-refractivity contribution in [3.05, 3.63) is 33.8 Å². The molecule has 6 nitrogen and oxygen atoms in total. The molecule has 0 aliphatic carbocycles. The minimum atomic E-state index is -2.78. The summed E-state index contributed by atoms with van der Waals surface area (Å²) in [6, 6.07) is 3.83. The molecule has 25 heavy (non-hydrogen) atoms. The highest BCUT2D eigenvalue weighted by Gasteiger charge is 2.22. The molecule has 0 bridgehead atoms. The molecule has 0 amide bonds. The number of pyridine rings is 1. The number of nitrogens with zero attached hydrogens (tertiary/aromatic N) is 1. The maximum absolute atomic E-state index is 13.0. The monoisotopic (exact) mass is 392 g/mol. The van der Waals surface area contributed by atoms with Crippen molar-refractivity contribution in [3.8, 4) is 22.9 Å². The van der Waals surface area contributed by atoms with E-state index in [9.17, 15) is 13.6 Å². The number of methoxy groups -OCH3 is 2. The molecule has 0 aliphatic heterocycles. The Morgan fingerprint density at radius 1 is 1.24 bits per heavy atom. The van der Waals surface area contributed by atoms with E-state index in [4.69, 9.17) is 38.4 Å². The van der Waals surface area contributed by atoms with E-state index in [0.29, 0.717) is 0 Å². The van der Waals surface area contributed by atoms with Gasteiger partial charge in [0.25, 0.3) is 6.43 Å². The van der Waals surface area contributed by atoms with Crippen LogP contribution in [-0.4, -0.2) is 25.4 Å². The quantitative estimate of drug-likeness (QED) is 0.757. The van der Waals surface area contributed by atoms with Crippen LogP contribution in [0.25, 0.3) is 11.3 Å². The highest BCUT2D eigenvalue weighted by Crippen LogP contribution is 2.42. The lowest BCUT2D eigenvalue weighted by Crippen LogP contribution is -2.10. The maximum atomic E-state index is 13.0. The van der Waals surface area contributed by atoms with Crippen molar-refractivity contribution >= 4 is 35.0 Å². The minimum Gasteiger partial charge on any atom is -0.495 e. The molecule has 0 unspecified atom stereocenters. The smallest absolute Gasteiger partial charge is 0.495 e. The summed E-state index contributed by atoms with van der Waals surface area (Å²) in [4.78, 5) is 15.3. The summed E-state index contributed by atoms with van der Waals surface area (Å²) >= 11 is 12.1. The second-order valence-electron chi connectivity index (χ2n) is 4.62. The number of anilines is 1. The fourth-order valence-electron chi connectivity index (χ4n) is 2.00. The maximum Gasteiger partial charge on any atom is 0.514 e. The molecule has 0 fully saturated rings. The van der Waals surface area contributed by atoms with Crippen LogP contribution >= 0.6 is 23.2 Å². The van der Waals surface area contributed by atoms with Gasteiger partial charge < -0.3 is 19.9 Å². The Balaban J connectivity index is 2.61. The first-order chi connectivity index (χ1) is 11.8. The lowest BCUT2D eigenvalue weighted by molar-refractivity contribution is 0.120. The highest BCUT2D eigenvalue weighted by molar-refractivity contribution is 6.35. The van der Waals surface area contributed by atoms with Crippen LogP contribution in [0.15, 0.2) is 18.2 Å². The normalized spacial score (nSPS) is 10.7. The van der Waals surface area contributed by atoms with E-state index >= 15 is 0 Å². The Morgan fingerprint density at radius 3 is 2.48 bits per heavy atom. The van der Waals surface area contributed by atoms with Crippen LogP contribution in [0.4, 0.5) is 19.3 Å². The predicted octanol–water partition coefficient (Wildman–Crippen LogP) is 4.73. The Hall–Kier alpha value is -2.32. The van der Waals surface area contributed by atoms with Crippen molar-refractivity contribution in [1.29, 1.82) is 0 Å². The summed E-state index contributed by atoms with van der Waals surface area (Å²) in [5.41, 5.74) is 5.83. The number of aromatic nitrogens is 1. The SMILES string of the molecule is COC(=O)Oc1nc(-c2ccc(C(F)F)c(OC)c2Cl)cc(N)c1Cl. The number of rotatable bonds is 4. The first-order valence-corrected chi connectivity index (χ1v) is 7.42. The van der Waals surface area contributed by atoms with E-state index in [2.05, 4.69) is 9.72 Å². The van der Waals surface area contributed by atoms with Crippen molar-refractivity contribution < 1.29 is 27.8 Å². The van der Waals surface area contributed by atoms with E-state index in [1.165, 1.54) is 19.2 Å². The summed E-state index contributed by atoms with van der Waals surface area (Å²) < 4.78 is 40.2. The Bertz CT molecular complexity index is 819. The number of carbonyl (C=O) groups is 1. The number of alkyl halides is 2. The Labute approximate surface area is 151 Å². The van der Waals surface area contributed by atoms with Crippen LogP contribution in [0.2, 0.25) is 10.0 Å². The molecule has 0 radical (unpaired) electrons. The summed E-state index contributed by atoms with van der Waals surface area (Å²) in [5, 5.41) is -0.208. The standard InChI is InChI=1S/C15H12Cl2F2N2O4/c1-23-12-7(13(18)19)4-3-6(10(12)16)9-5-8(20)11(17)14(21-9)25-15(22)24-2/h3-5,13H,1-2H3,(H2,20,21). The molecule has 0 atom stereocenters. The van der Waals surface area contributed by atoms with E-state index in [1.807, 2.05) is 0 Å². The third kappa shape index (κ3) is 3.85. The minimum absolute atomic E-state index is 0.0403. The van der Waals surface area contributed by atoms with Crippen molar-refractivity contribution in [2.75, 3.05) is 20.0 Å². The number of hydrogen-bond acceptors (Lipinski definition) is 6. The lowest BCUT2D eigenvalue weighted by atomic mass is 10.1. The number of nitrogen functional groups attached to an aromatic ring is 1. The second-order valence-corrected chi connectivity index (χ2v) is 5.38. The van der Waals surface area contributed by atoms with Gasteiger partial charge in [-0.25, -0.2) is 18.6 Å². The summed E-state index contributed by atoms with van der Waals surface area (Å²) in [6.45, 7) is 0. The molecule has 2 N–H and O–H groups in total. The van der Waals surface area contributed by atoms with Crippen molar-refractivity contribution in [2.45, 2.75) is 6.43 Å². The number of benzene rings is 1. The van der Waals surface area contributed by atoms with Crippen LogP contribution in [0, 0.1) is 0 Å². The molecule has 1 aromatic carbocycles. The molecule has 0 saturated heterocycles. The van der Waals surface area contributed by atoms with Gasteiger partial charge >= 0.3 is 6.16 Å². The molecule has 1 heterocycles. The van der Waals surface area contributed by atoms with Crippen molar-refractivity contribution in [3.63, 3.8) is 0 Å². The number of ether oxygens (including phenoxy) is 3. The van der Waals surface area contributed by atoms with Gasteiger partial charge in [-0.05, 0) is 12.1 Å². The Morgan fingerprint density at radius 2 is 1.92 bits per heavy atom. The molecular weight excluding hydrogens is 381 g/mol. The van der Waals surface area contributed by atoms with Gasteiger partial charge in [-0.3, -0.25) is 0 Å². The van der Waals surface area contributed by atoms with Gasteiger partial charge in [-0.15, -0.1) is 0 Å². The number of halogens is 4. The summed E-state index contributed by atoms with van der Waals surface area (Å²) in [5.74, 6) is -0.503. The zero-order valence-corrected chi connectivity index (χ0v) is 14.5. The molecule has 0 aliphatic rings. The average molecular weight is 393 g/mol. The zero-order chi connectivity index (χ0) is 18.7. The van der Waals surface area contributed by atoms with Crippen molar-refractivity contribution in [2.24, 2.45) is 0 Å². The van der Waals surface area contributed by atoms with Gasteiger partial charge in [0.15, 0.2) is 0 Å². The second kappa shape index (κ2) is 7.71. The zero-order valence-electron chi connectivity index (χ0n) is 13.0. The third-order valence-corrected chi connectivity index (χ3v) is 3.90. The molecule has 0 saturated carbocycles. The van der Waals surface area contributed by atoms with Gasteiger partial charge in [0, 0.05) is 5.56 Å². The number of nitrogens with two attached hydrogens (primary N) is 1. The van der Waals surface area contributed by atoms with E-state index in [-0.39, 0.29) is 44.2 Å². The predicted molar refractivity (Wildman–Crippen MR) is 88.6 cm³/mol. The number of carbonyl (C=O) groups excluding carboxylic acids is 1. The molecule has 134 valence electrons. The largest absolute Gasteiger partial charge is 0.514 e. The lowest BCUT2D eigenvalue weighted by Gasteiger charge is -2.14. The number of hydrogen-bond donors (Lipinski definition) is 1. The molecular formula is C15H12Cl2F2N2O4. The average Bonchev–Trinajstić information content (AvgIpc) is 2.58. The van der Waals surface area contributed by atoms with Gasteiger partial charge in [0.05, 0.1) is 36.2 Å². The van der Waals surface area contributed by atoms with E-state index in [0.717, 1.165) is 13.2 Å². The Kier molecular flexibility index (Phi) is 5.86. The van der Waals surface area contributed by atoms with Crippen molar-refractivity contribution in [1.82, 2.24) is 4.98 Å². The molecule has 2 aromatic rings. The topological polar surface area (TPSA) is 83.7 Å². The van der Waals surface area contributed by atoms with Crippen LogP contribution in [0.5, 0.6) is 11.6 Å². The molecule has 2 rings (SSSR count). The highest BCUT2D eigenvalue weighted by atomic mass is 35.5. The van der Waals surface area contributed by atoms with Gasteiger partial charge in [0.1, 0.15) is 10.8 Å². The summed E-state index contributed by atoms with van der Waals surface area (Å²) in [6.07, 6.45) is -3.83. The van der Waals surface area contributed by atoms with Crippen LogP contribution in [-0.2, 0) is 4.74 Å². The van der Waals surface area contributed by atoms with Gasteiger partial charge in [-0.1, -0.05) is 29.3 Å². The molecule has 10 heteroatoms. The van der Waals surface area contributed by atoms with Gasteiger partial charge in [-0.2, -0.15) is 0 Å². The first kappa shape index (κ1) is 19.0. The first-order valence-electron chi connectivity index (χ1n) is 6.66. The molecule has 0 spiro atoms. The van der Waals surface area contributed by atoms with Crippen LogP contribution in [0.1, 0.15) is 12.0 Å². The van der Waals surface area contributed by atoms with E-state index in [1.54, 1.807) is 0 Å². The fourth-order valence-corrected chi connectivity index (χ4v) is 2.48. The van der Waals surface area contributed by atoms with Crippen LogP contribution < -0.4 is 15.2 Å².